The highest BCUT2D eigenvalue weighted by Crippen LogP contribution is 2.37. The normalized spacial score (nSPS) is 13.0. The number of benzene rings is 3. The Bertz CT molecular complexity index is 1030. The van der Waals surface area contributed by atoms with E-state index >= 15 is 0 Å². The molecule has 0 radical (unpaired) electrons. The molecule has 0 fully saturated rings. The summed E-state index contributed by atoms with van der Waals surface area (Å²) in [5.74, 6) is 1.06. The van der Waals surface area contributed by atoms with Gasteiger partial charge in [-0.15, -0.1) is 0 Å². The molecule has 0 saturated carbocycles. The van der Waals surface area contributed by atoms with Gasteiger partial charge in [0, 0.05) is 5.56 Å². The molecule has 0 aliphatic carbocycles. The van der Waals surface area contributed by atoms with E-state index in [2.05, 4.69) is 82.3 Å². The summed E-state index contributed by atoms with van der Waals surface area (Å²) in [6.45, 7) is 9.14. The lowest BCUT2D eigenvalue weighted by molar-refractivity contribution is 0.459. The largest absolute Gasteiger partial charge is 0.508 e. The summed E-state index contributed by atoms with van der Waals surface area (Å²) in [5, 5.41) is 11.0. The molecule has 0 amide bonds. The maximum Gasteiger partial charge on any atom is 0.119 e. The van der Waals surface area contributed by atoms with Crippen LogP contribution in [0.25, 0.3) is 0 Å². The van der Waals surface area contributed by atoms with Crippen molar-refractivity contribution < 1.29 is 5.11 Å². The van der Waals surface area contributed by atoms with E-state index < -0.39 is 0 Å². The van der Waals surface area contributed by atoms with E-state index in [0.29, 0.717) is 11.7 Å². The monoisotopic (exact) mass is 470 g/mol. The van der Waals surface area contributed by atoms with Crippen molar-refractivity contribution in [2.24, 2.45) is 0 Å². The standard InChI is InChI=1S/C34H46O/c1-5-7-9-16-28-18-11-13-20-30(28)24-26(3)32-22-15-23-33(35)34(32)27(4)25-31-21-14-12-19-29(31)17-10-8-6-2/h11-15,18-23,26-27,35H,5-10,16-17,24-25H2,1-4H3. The third kappa shape index (κ3) is 7.72. The van der Waals surface area contributed by atoms with Gasteiger partial charge in [-0.05, 0) is 84.2 Å². The van der Waals surface area contributed by atoms with Gasteiger partial charge >= 0.3 is 0 Å². The molecule has 1 heteroatoms. The van der Waals surface area contributed by atoms with Gasteiger partial charge in [-0.25, -0.2) is 0 Å². The van der Waals surface area contributed by atoms with Gasteiger partial charge in [-0.2, -0.15) is 0 Å². The maximum atomic E-state index is 11.0. The summed E-state index contributed by atoms with van der Waals surface area (Å²) in [7, 11) is 0. The lowest BCUT2D eigenvalue weighted by Crippen LogP contribution is -2.09. The van der Waals surface area contributed by atoms with Crippen LogP contribution in [-0.4, -0.2) is 5.11 Å². The van der Waals surface area contributed by atoms with Gasteiger partial charge in [0.1, 0.15) is 5.75 Å². The molecule has 188 valence electrons. The molecular weight excluding hydrogens is 424 g/mol. The SMILES string of the molecule is CCCCCc1ccccc1CC(C)c1cccc(O)c1C(C)Cc1ccccc1CCCCC. The van der Waals surface area contributed by atoms with Crippen molar-refractivity contribution >= 4 is 0 Å². The molecule has 3 aromatic carbocycles. The summed E-state index contributed by atoms with van der Waals surface area (Å²) >= 11 is 0. The van der Waals surface area contributed by atoms with Crippen molar-refractivity contribution in [2.75, 3.05) is 0 Å². The summed E-state index contributed by atoms with van der Waals surface area (Å²) < 4.78 is 0. The molecule has 0 spiro atoms. The lowest BCUT2D eigenvalue weighted by Gasteiger charge is -2.24. The molecule has 0 bridgehead atoms. The Balaban J connectivity index is 1.81. The Morgan fingerprint density at radius 1 is 0.571 bits per heavy atom. The minimum Gasteiger partial charge on any atom is -0.508 e. The number of aryl methyl sites for hydroxylation is 2. The van der Waals surface area contributed by atoms with E-state index in [1.54, 1.807) is 0 Å². The van der Waals surface area contributed by atoms with E-state index in [0.717, 1.165) is 31.2 Å². The lowest BCUT2D eigenvalue weighted by atomic mass is 9.81. The average Bonchev–Trinajstić information content (AvgIpc) is 2.86. The van der Waals surface area contributed by atoms with Gasteiger partial charge in [-0.3, -0.25) is 0 Å². The fraction of sp³-hybridized carbons (Fsp3) is 0.471. The van der Waals surface area contributed by atoms with Crippen LogP contribution in [0.5, 0.6) is 5.75 Å². The van der Waals surface area contributed by atoms with Crippen molar-refractivity contribution in [2.45, 2.75) is 104 Å². The van der Waals surface area contributed by atoms with E-state index in [1.165, 1.54) is 66.3 Å². The van der Waals surface area contributed by atoms with Crippen LogP contribution in [0.15, 0.2) is 66.7 Å². The summed E-state index contributed by atoms with van der Waals surface area (Å²) in [6, 6.07) is 24.0. The average molecular weight is 471 g/mol. The number of phenolic OH excluding ortho intramolecular Hbond substituents is 1. The number of aromatic hydroxyl groups is 1. The molecule has 0 aliphatic rings. The van der Waals surface area contributed by atoms with Crippen LogP contribution in [0, 0.1) is 0 Å². The van der Waals surface area contributed by atoms with Crippen LogP contribution >= 0.6 is 0 Å². The third-order valence-corrected chi connectivity index (χ3v) is 7.53. The molecule has 0 saturated heterocycles. The Kier molecular flexibility index (Phi) is 10.9. The molecule has 1 N–H and O–H groups in total. The van der Waals surface area contributed by atoms with Crippen LogP contribution in [-0.2, 0) is 25.7 Å². The molecule has 0 heterocycles. The summed E-state index contributed by atoms with van der Waals surface area (Å²) in [5.41, 5.74) is 8.28. The zero-order valence-corrected chi connectivity index (χ0v) is 22.5. The maximum absolute atomic E-state index is 11.0. The fourth-order valence-electron chi connectivity index (χ4n) is 5.54. The predicted molar refractivity (Wildman–Crippen MR) is 152 cm³/mol. The van der Waals surface area contributed by atoms with Crippen LogP contribution < -0.4 is 0 Å². The molecule has 2 unspecified atom stereocenters. The zero-order valence-electron chi connectivity index (χ0n) is 22.5. The van der Waals surface area contributed by atoms with Crippen LogP contribution in [0.1, 0.15) is 111 Å². The second-order valence-corrected chi connectivity index (χ2v) is 10.4. The molecule has 3 aromatic rings. The first kappa shape index (κ1) is 27.1. The number of hydrogen-bond donors (Lipinski definition) is 1. The number of unbranched alkanes of at least 4 members (excludes halogenated alkanes) is 4. The Morgan fingerprint density at radius 3 is 1.57 bits per heavy atom. The molecular formula is C34H46O. The van der Waals surface area contributed by atoms with Crippen molar-refractivity contribution in [3.63, 3.8) is 0 Å². The van der Waals surface area contributed by atoms with E-state index in [9.17, 15) is 5.11 Å². The first-order valence-corrected chi connectivity index (χ1v) is 14.0. The van der Waals surface area contributed by atoms with E-state index in [4.69, 9.17) is 0 Å². The molecule has 0 aliphatic heterocycles. The van der Waals surface area contributed by atoms with Crippen molar-refractivity contribution in [1.29, 1.82) is 0 Å². The molecule has 35 heavy (non-hydrogen) atoms. The molecule has 3 rings (SSSR count). The minimum atomic E-state index is 0.265. The first-order chi connectivity index (χ1) is 17.0. The second-order valence-electron chi connectivity index (χ2n) is 10.4. The van der Waals surface area contributed by atoms with Crippen molar-refractivity contribution in [1.82, 2.24) is 0 Å². The predicted octanol–water partition coefficient (Wildman–Crippen LogP) is 9.55. The second kappa shape index (κ2) is 14.1. The highest BCUT2D eigenvalue weighted by atomic mass is 16.3. The van der Waals surface area contributed by atoms with E-state index in [1.807, 2.05) is 12.1 Å². The molecule has 0 aromatic heterocycles. The molecule has 2 atom stereocenters. The quantitative estimate of drug-likeness (QED) is 0.233. The van der Waals surface area contributed by atoms with Gasteiger partial charge < -0.3 is 5.11 Å². The Hall–Kier alpha value is -2.54. The van der Waals surface area contributed by atoms with Gasteiger partial charge in [0.25, 0.3) is 0 Å². The van der Waals surface area contributed by atoms with Crippen LogP contribution in [0.4, 0.5) is 0 Å². The number of phenols is 1. The first-order valence-electron chi connectivity index (χ1n) is 14.0. The minimum absolute atomic E-state index is 0.265. The molecule has 1 nitrogen and oxygen atoms in total. The highest BCUT2D eigenvalue weighted by molar-refractivity contribution is 5.45. The van der Waals surface area contributed by atoms with Crippen molar-refractivity contribution in [3.05, 3.63) is 100 Å². The highest BCUT2D eigenvalue weighted by Gasteiger charge is 2.21. The van der Waals surface area contributed by atoms with Crippen LogP contribution in [0.2, 0.25) is 0 Å². The Labute approximate surface area is 214 Å². The smallest absolute Gasteiger partial charge is 0.119 e. The van der Waals surface area contributed by atoms with Gasteiger partial charge in [0.05, 0.1) is 0 Å². The summed E-state index contributed by atoms with van der Waals surface area (Å²) in [6.07, 6.45) is 11.9. The van der Waals surface area contributed by atoms with Gasteiger partial charge in [0.2, 0.25) is 0 Å². The summed E-state index contributed by atoms with van der Waals surface area (Å²) in [4.78, 5) is 0. The van der Waals surface area contributed by atoms with Gasteiger partial charge in [-0.1, -0.05) is 114 Å². The van der Waals surface area contributed by atoms with E-state index in [-0.39, 0.29) is 5.92 Å². The Morgan fingerprint density at radius 2 is 1.06 bits per heavy atom. The number of hydrogen-bond acceptors (Lipinski definition) is 1. The fourth-order valence-corrected chi connectivity index (χ4v) is 5.54. The van der Waals surface area contributed by atoms with Gasteiger partial charge in [0.15, 0.2) is 0 Å². The topological polar surface area (TPSA) is 20.2 Å². The number of rotatable bonds is 14. The van der Waals surface area contributed by atoms with Crippen LogP contribution in [0.3, 0.4) is 0 Å². The third-order valence-electron chi connectivity index (χ3n) is 7.53. The zero-order chi connectivity index (χ0) is 25.0. The van der Waals surface area contributed by atoms with Crippen molar-refractivity contribution in [3.8, 4) is 5.75 Å².